The molecule has 14 heteroatoms. The SMILES string of the molecule is CCS(=O)(=O)c1ccc([C@H](CO)NC(=O)c2ccc(N3C[C@@H](Oc4ccc(C(F)(F)F)cc4)C[C@H]3COC(F)F)cc2)cc1. The van der Waals surface area contributed by atoms with Crippen molar-refractivity contribution in [1.29, 1.82) is 0 Å². The Morgan fingerprint density at radius 2 is 1.66 bits per heavy atom. The first-order chi connectivity index (χ1) is 20.8. The van der Waals surface area contributed by atoms with Gasteiger partial charge in [0, 0.05) is 17.7 Å². The van der Waals surface area contributed by atoms with Gasteiger partial charge < -0.3 is 24.8 Å². The lowest BCUT2D eigenvalue weighted by Gasteiger charge is -2.26. The topological polar surface area (TPSA) is 105 Å². The summed E-state index contributed by atoms with van der Waals surface area (Å²) in [7, 11) is -3.41. The number of carbonyl (C=O) groups excluding carboxylic acids is 1. The fourth-order valence-corrected chi connectivity index (χ4v) is 5.77. The van der Waals surface area contributed by atoms with Crippen LogP contribution in [0.4, 0.5) is 27.6 Å². The van der Waals surface area contributed by atoms with Gasteiger partial charge in [0.1, 0.15) is 11.9 Å². The Kier molecular flexibility index (Phi) is 10.5. The van der Waals surface area contributed by atoms with Crippen molar-refractivity contribution >= 4 is 21.4 Å². The number of sulfone groups is 1. The lowest BCUT2D eigenvalue weighted by Crippen LogP contribution is -2.34. The second-order valence-corrected chi connectivity index (χ2v) is 12.4. The number of ether oxygens (including phenoxy) is 2. The summed E-state index contributed by atoms with van der Waals surface area (Å²) in [5.74, 6) is -0.374. The molecule has 4 rings (SSSR count). The van der Waals surface area contributed by atoms with E-state index in [0.29, 0.717) is 11.3 Å². The largest absolute Gasteiger partial charge is 0.489 e. The Balaban J connectivity index is 1.44. The van der Waals surface area contributed by atoms with Crippen LogP contribution in [0.3, 0.4) is 0 Å². The number of nitrogens with one attached hydrogen (secondary N) is 1. The molecule has 3 aromatic rings. The number of aliphatic hydroxyl groups excluding tert-OH is 1. The van der Waals surface area contributed by atoms with Crippen molar-refractivity contribution in [1.82, 2.24) is 5.32 Å². The third-order valence-corrected chi connectivity index (χ3v) is 9.00. The number of carbonyl (C=O) groups is 1. The van der Waals surface area contributed by atoms with Gasteiger partial charge in [0.2, 0.25) is 0 Å². The number of alkyl halides is 5. The van der Waals surface area contributed by atoms with Crippen molar-refractivity contribution in [3.63, 3.8) is 0 Å². The van der Waals surface area contributed by atoms with Gasteiger partial charge in [0.25, 0.3) is 5.91 Å². The molecule has 1 amide bonds. The number of halogens is 5. The van der Waals surface area contributed by atoms with Crippen LogP contribution < -0.4 is 15.0 Å². The van der Waals surface area contributed by atoms with Crippen LogP contribution >= 0.6 is 0 Å². The second-order valence-electron chi connectivity index (χ2n) is 10.1. The van der Waals surface area contributed by atoms with Crippen molar-refractivity contribution in [2.75, 3.05) is 30.4 Å². The van der Waals surface area contributed by atoms with Gasteiger partial charge in [-0.1, -0.05) is 19.1 Å². The highest BCUT2D eigenvalue weighted by Crippen LogP contribution is 2.33. The molecule has 8 nitrogen and oxygen atoms in total. The average Bonchev–Trinajstić information content (AvgIpc) is 3.41. The molecule has 238 valence electrons. The standard InChI is InChI=1S/C30H31F5N2O6S/c1-2-44(40,41)26-13-5-19(6-14-26)27(17-38)36-28(39)20-3-9-22(10-4-20)37-16-25(15-23(37)18-42-29(31)32)43-24-11-7-21(8-12-24)30(33,34)35/h3-14,23,25,27,29,38H,2,15-18H2,1H3,(H,36,39)/t23-,25-,27-/m0/s1. The van der Waals surface area contributed by atoms with Crippen molar-refractivity contribution in [3.05, 3.63) is 89.5 Å². The molecule has 0 radical (unpaired) electrons. The van der Waals surface area contributed by atoms with Crippen LogP contribution in [-0.2, 0) is 20.8 Å². The quantitative estimate of drug-likeness (QED) is 0.261. The molecule has 44 heavy (non-hydrogen) atoms. The second kappa shape index (κ2) is 13.9. The van der Waals surface area contributed by atoms with E-state index in [1.165, 1.54) is 55.5 Å². The number of amides is 1. The van der Waals surface area contributed by atoms with E-state index in [9.17, 15) is 40.3 Å². The van der Waals surface area contributed by atoms with Crippen LogP contribution in [0.5, 0.6) is 5.75 Å². The van der Waals surface area contributed by atoms with Gasteiger partial charge in [-0.25, -0.2) is 8.42 Å². The van der Waals surface area contributed by atoms with E-state index >= 15 is 0 Å². The smallest absolute Gasteiger partial charge is 0.416 e. The Bertz CT molecular complexity index is 1500. The Labute approximate surface area is 251 Å². The zero-order valence-corrected chi connectivity index (χ0v) is 24.3. The maximum absolute atomic E-state index is 12.9. The molecule has 1 saturated heterocycles. The van der Waals surface area contributed by atoms with Gasteiger partial charge in [-0.15, -0.1) is 0 Å². The lowest BCUT2D eigenvalue weighted by molar-refractivity contribution is -0.137. The molecule has 0 aliphatic carbocycles. The highest BCUT2D eigenvalue weighted by Gasteiger charge is 2.35. The van der Waals surface area contributed by atoms with Crippen molar-refractivity contribution in [2.24, 2.45) is 0 Å². The summed E-state index contributed by atoms with van der Waals surface area (Å²) >= 11 is 0. The highest BCUT2D eigenvalue weighted by atomic mass is 32.2. The minimum atomic E-state index is -4.49. The maximum atomic E-state index is 12.9. The van der Waals surface area contributed by atoms with Crippen LogP contribution in [0.25, 0.3) is 0 Å². The summed E-state index contributed by atoms with van der Waals surface area (Å²) in [4.78, 5) is 14.8. The lowest BCUT2D eigenvalue weighted by atomic mass is 10.1. The molecule has 3 atom stereocenters. The maximum Gasteiger partial charge on any atom is 0.416 e. The summed E-state index contributed by atoms with van der Waals surface area (Å²) in [6, 6.07) is 15.0. The van der Waals surface area contributed by atoms with Crippen molar-refractivity contribution < 1.29 is 49.7 Å². The molecule has 1 heterocycles. The molecule has 0 aromatic heterocycles. The molecular formula is C30H31F5N2O6S. The zero-order valence-electron chi connectivity index (χ0n) is 23.5. The molecule has 0 saturated carbocycles. The monoisotopic (exact) mass is 642 g/mol. The van der Waals surface area contributed by atoms with Gasteiger partial charge >= 0.3 is 12.8 Å². The molecule has 0 unspecified atom stereocenters. The van der Waals surface area contributed by atoms with Gasteiger partial charge in [-0.05, 0) is 66.2 Å². The van der Waals surface area contributed by atoms with Crippen molar-refractivity contribution in [2.45, 2.75) is 49.2 Å². The van der Waals surface area contributed by atoms with E-state index in [1.54, 1.807) is 17.0 Å². The number of aliphatic hydroxyl groups is 1. The van der Waals surface area contributed by atoms with E-state index in [4.69, 9.17) is 4.74 Å². The summed E-state index contributed by atoms with van der Waals surface area (Å²) in [5, 5.41) is 12.6. The summed E-state index contributed by atoms with van der Waals surface area (Å²) in [6.07, 6.45) is -4.77. The van der Waals surface area contributed by atoms with E-state index in [-0.39, 0.29) is 41.5 Å². The molecular weight excluding hydrogens is 611 g/mol. The summed E-state index contributed by atoms with van der Waals surface area (Å²) < 4.78 is 98.8. The van der Waals surface area contributed by atoms with E-state index in [1.807, 2.05) is 0 Å². The third kappa shape index (κ3) is 8.24. The summed E-state index contributed by atoms with van der Waals surface area (Å²) in [5.41, 5.74) is 0.505. The third-order valence-electron chi connectivity index (χ3n) is 7.25. The van der Waals surface area contributed by atoms with E-state index < -0.39 is 58.9 Å². The van der Waals surface area contributed by atoms with E-state index in [0.717, 1.165) is 12.1 Å². The Hall–Kier alpha value is -3.75. The van der Waals surface area contributed by atoms with Gasteiger partial charge in [-0.2, -0.15) is 22.0 Å². The molecule has 1 fully saturated rings. The average molecular weight is 643 g/mol. The van der Waals surface area contributed by atoms with E-state index in [2.05, 4.69) is 10.1 Å². The molecule has 1 aliphatic rings. The molecule has 0 bridgehead atoms. The normalized spacial score (nSPS) is 18.0. The first kappa shape index (κ1) is 33.1. The predicted octanol–water partition coefficient (Wildman–Crippen LogP) is 5.23. The number of hydrogen-bond donors (Lipinski definition) is 2. The first-order valence-electron chi connectivity index (χ1n) is 13.7. The van der Waals surface area contributed by atoms with Crippen LogP contribution in [0.2, 0.25) is 0 Å². The van der Waals surface area contributed by atoms with Gasteiger partial charge in [-0.3, -0.25) is 4.79 Å². The van der Waals surface area contributed by atoms with Crippen LogP contribution in [0, 0.1) is 0 Å². The highest BCUT2D eigenvalue weighted by molar-refractivity contribution is 7.91. The number of hydrogen-bond acceptors (Lipinski definition) is 7. The van der Waals surface area contributed by atoms with Crippen LogP contribution in [-0.4, -0.2) is 63.7 Å². The molecule has 2 N–H and O–H groups in total. The molecule has 1 aliphatic heterocycles. The number of benzene rings is 3. The van der Waals surface area contributed by atoms with Gasteiger partial charge in [0.15, 0.2) is 9.84 Å². The summed E-state index contributed by atoms with van der Waals surface area (Å²) in [6.45, 7) is -2.01. The Morgan fingerprint density at radius 1 is 1.02 bits per heavy atom. The number of nitrogens with zero attached hydrogens (tertiary/aromatic N) is 1. The fourth-order valence-electron chi connectivity index (χ4n) is 4.89. The molecule has 0 spiro atoms. The zero-order chi connectivity index (χ0) is 32.1. The minimum Gasteiger partial charge on any atom is -0.489 e. The predicted molar refractivity (Wildman–Crippen MR) is 151 cm³/mol. The fraction of sp³-hybridized carbons (Fsp3) is 0.367. The number of rotatable bonds is 12. The first-order valence-corrected chi connectivity index (χ1v) is 15.3. The van der Waals surface area contributed by atoms with Gasteiger partial charge in [0.05, 0.1) is 48.1 Å². The minimum absolute atomic E-state index is 0.0627. The van der Waals surface area contributed by atoms with Crippen molar-refractivity contribution in [3.8, 4) is 5.75 Å². The van der Waals surface area contributed by atoms with Crippen LogP contribution in [0.15, 0.2) is 77.7 Å². The Morgan fingerprint density at radius 3 is 2.20 bits per heavy atom. The van der Waals surface area contributed by atoms with Crippen LogP contribution in [0.1, 0.15) is 40.9 Å². The molecule has 3 aromatic carbocycles. The number of anilines is 1.